The third-order valence-corrected chi connectivity index (χ3v) is 16.2. The number of carbonyl (C=O) groups is 2. The van der Waals surface area contributed by atoms with E-state index < -0.39 is 13.9 Å². The molecule has 0 saturated heterocycles. The van der Waals surface area contributed by atoms with Crippen molar-refractivity contribution in [2.45, 2.75) is 91.4 Å². The Morgan fingerprint density at radius 1 is 0.800 bits per heavy atom. The highest BCUT2D eigenvalue weighted by molar-refractivity contribution is 6.99. The van der Waals surface area contributed by atoms with Crippen molar-refractivity contribution in [1.82, 2.24) is 19.9 Å². The van der Waals surface area contributed by atoms with Gasteiger partial charge < -0.3 is 24.4 Å². The summed E-state index contributed by atoms with van der Waals surface area (Å²) in [6.45, 7) is 20.1. The lowest BCUT2D eigenvalue weighted by molar-refractivity contribution is 0.0270. The molecule has 7 rings (SSSR count). The van der Waals surface area contributed by atoms with Crippen LogP contribution in [-0.4, -0.2) is 58.9 Å². The van der Waals surface area contributed by atoms with Crippen molar-refractivity contribution in [1.29, 1.82) is 0 Å². The molecule has 4 aromatic carbocycles. The van der Waals surface area contributed by atoms with Crippen molar-refractivity contribution >= 4 is 53.0 Å². The average molecular weight is 820 g/mol. The molecule has 60 heavy (non-hydrogen) atoms. The minimum absolute atomic E-state index is 0.0380. The molecule has 2 amide bonds. The molecule has 310 valence electrons. The van der Waals surface area contributed by atoms with Gasteiger partial charge in [-0.25, -0.2) is 14.8 Å². The number of fused-ring (bicyclic) bond motifs is 1. The first-order valence-corrected chi connectivity index (χ1v) is 22.7. The van der Waals surface area contributed by atoms with Crippen LogP contribution in [0.3, 0.4) is 0 Å². The SMILES string of the molecule is CC(C)(C)OC(=O)N1CC=C(c2cc3c(-c4cccc(NC(=O)c5ccc(C(C)(C)C)cc5)c4CO[Si](c4ccccc4)(c4ccccc4)C(C)(C)C)ncnc3[nH]2)CC1. The standard InChI is InChI=1S/C50H57N5O4Si/c1-48(2,3)36-25-23-35(24-26-36)46(56)54-42-22-16-21-39(41(42)32-58-60(50(7,8)9,37-17-12-10-13-18-37)38-19-14-11-15-20-38)44-40-31-43(53-45(40)52-33-51-44)34-27-29-55(30-28-34)47(57)59-49(4,5)6/h10-27,31,33H,28-30,32H2,1-9H3,(H,54,56)(H,51,52,53). The number of H-pyrrole nitrogens is 1. The molecule has 2 aromatic heterocycles. The summed E-state index contributed by atoms with van der Waals surface area (Å²) in [5.74, 6) is -0.208. The molecule has 1 aliphatic rings. The normalized spacial score (nSPS) is 13.9. The number of hydrogen-bond acceptors (Lipinski definition) is 6. The Morgan fingerprint density at radius 3 is 2.02 bits per heavy atom. The van der Waals surface area contributed by atoms with Gasteiger partial charge in [-0.1, -0.05) is 133 Å². The van der Waals surface area contributed by atoms with Gasteiger partial charge >= 0.3 is 6.09 Å². The van der Waals surface area contributed by atoms with Crippen LogP contribution in [0.5, 0.6) is 0 Å². The summed E-state index contributed by atoms with van der Waals surface area (Å²) >= 11 is 0. The van der Waals surface area contributed by atoms with Gasteiger partial charge in [-0.15, -0.1) is 0 Å². The van der Waals surface area contributed by atoms with E-state index in [9.17, 15) is 9.59 Å². The van der Waals surface area contributed by atoms with Gasteiger partial charge in [0.1, 0.15) is 17.6 Å². The van der Waals surface area contributed by atoms with Gasteiger partial charge in [0.25, 0.3) is 14.2 Å². The number of amides is 2. The molecule has 6 aromatic rings. The van der Waals surface area contributed by atoms with Gasteiger partial charge in [0.05, 0.1) is 12.3 Å². The zero-order chi connectivity index (χ0) is 42.9. The lowest BCUT2D eigenvalue weighted by atomic mass is 9.86. The molecular formula is C50H57N5O4Si. The molecule has 0 atom stereocenters. The number of rotatable bonds is 9. The zero-order valence-corrected chi connectivity index (χ0v) is 37.4. The predicted molar refractivity (Wildman–Crippen MR) is 245 cm³/mol. The van der Waals surface area contributed by atoms with Gasteiger partial charge in [0.15, 0.2) is 0 Å². The largest absolute Gasteiger partial charge is 0.444 e. The van der Waals surface area contributed by atoms with Crippen molar-refractivity contribution in [3.8, 4) is 11.3 Å². The molecule has 2 N–H and O–H groups in total. The monoisotopic (exact) mass is 819 g/mol. The molecule has 9 nitrogen and oxygen atoms in total. The van der Waals surface area contributed by atoms with Gasteiger partial charge in [-0.2, -0.15) is 0 Å². The first-order valence-electron chi connectivity index (χ1n) is 20.7. The fraction of sp³-hybridized carbons (Fsp3) is 0.320. The van der Waals surface area contributed by atoms with E-state index >= 15 is 0 Å². The Labute approximate surface area is 355 Å². The van der Waals surface area contributed by atoms with E-state index in [2.05, 4.69) is 118 Å². The van der Waals surface area contributed by atoms with Crippen molar-refractivity contribution in [3.63, 3.8) is 0 Å². The second-order valence-electron chi connectivity index (χ2n) is 18.6. The minimum atomic E-state index is -3.00. The number of aromatic amines is 1. The van der Waals surface area contributed by atoms with Crippen molar-refractivity contribution < 1.29 is 18.8 Å². The molecular weight excluding hydrogens is 763 g/mol. The van der Waals surface area contributed by atoms with Crippen molar-refractivity contribution in [3.05, 3.63) is 144 Å². The van der Waals surface area contributed by atoms with Crippen LogP contribution in [0.4, 0.5) is 10.5 Å². The number of anilines is 1. The number of nitrogens with zero attached hydrogens (tertiary/aromatic N) is 3. The average Bonchev–Trinajstić information content (AvgIpc) is 3.66. The van der Waals surface area contributed by atoms with Crippen LogP contribution >= 0.6 is 0 Å². The van der Waals surface area contributed by atoms with Gasteiger partial charge in [-0.05, 0) is 83.4 Å². The Balaban J connectivity index is 1.32. The number of nitrogens with one attached hydrogen (secondary N) is 2. The van der Waals surface area contributed by atoms with Crippen LogP contribution in [0, 0.1) is 0 Å². The first kappa shape index (κ1) is 42.3. The van der Waals surface area contributed by atoms with Crippen molar-refractivity contribution in [2.75, 3.05) is 18.4 Å². The minimum Gasteiger partial charge on any atom is -0.444 e. The molecule has 0 aliphatic carbocycles. The Hall–Kier alpha value is -5.84. The summed E-state index contributed by atoms with van der Waals surface area (Å²) in [6, 6.07) is 37.0. The Kier molecular flexibility index (Phi) is 11.7. The van der Waals surface area contributed by atoms with Gasteiger partial charge in [0, 0.05) is 46.5 Å². The first-order chi connectivity index (χ1) is 28.4. The highest BCUT2D eigenvalue weighted by Gasteiger charge is 2.50. The number of hydrogen-bond donors (Lipinski definition) is 2. The van der Waals surface area contributed by atoms with E-state index in [4.69, 9.17) is 14.1 Å². The fourth-order valence-electron chi connectivity index (χ4n) is 8.07. The van der Waals surface area contributed by atoms with E-state index in [1.54, 1.807) is 11.2 Å². The molecule has 0 spiro atoms. The molecule has 10 heteroatoms. The predicted octanol–water partition coefficient (Wildman–Crippen LogP) is 10.3. The number of carbonyl (C=O) groups excluding carboxylic acids is 2. The summed E-state index contributed by atoms with van der Waals surface area (Å²) in [7, 11) is -3.00. The zero-order valence-electron chi connectivity index (χ0n) is 36.4. The number of aromatic nitrogens is 3. The molecule has 3 heterocycles. The number of ether oxygens (including phenoxy) is 1. The summed E-state index contributed by atoms with van der Waals surface area (Å²) in [4.78, 5) is 41.7. The molecule has 0 unspecified atom stereocenters. The van der Waals surface area contributed by atoms with E-state index in [0.717, 1.165) is 49.4 Å². The molecule has 0 fully saturated rings. The van der Waals surface area contributed by atoms with Crippen LogP contribution in [0.2, 0.25) is 5.04 Å². The molecule has 0 bridgehead atoms. The van der Waals surface area contributed by atoms with E-state index in [-0.39, 0.29) is 29.1 Å². The fourth-order valence-corrected chi connectivity index (χ4v) is 12.6. The van der Waals surface area contributed by atoms with E-state index in [1.807, 2.05) is 75.4 Å². The van der Waals surface area contributed by atoms with Gasteiger partial charge in [-0.3, -0.25) is 4.79 Å². The van der Waals surface area contributed by atoms with Crippen molar-refractivity contribution in [2.24, 2.45) is 0 Å². The van der Waals surface area contributed by atoms with Crippen LogP contribution in [0.25, 0.3) is 27.9 Å². The Bertz CT molecular complexity index is 2470. The van der Waals surface area contributed by atoms with Gasteiger partial charge in [0.2, 0.25) is 0 Å². The maximum absolute atomic E-state index is 14.1. The van der Waals surface area contributed by atoms with Crippen LogP contribution in [0.1, 0.15) is 95.9 Å². The lowest BCUT2D eigenvalue weighted by Crippen LogP contribution is -2.66. The number of benzene rings is 4. The van der Waals surface area contributed by atoms with Crippen LogP contribution in [-0.2, 0) is 21.2 Å². The molecule has 0 saturated carbocycles. The third-order valence-electron chi connectivity index (χ3n) is 11.2. The smallest absolute Gasteiger partial charge is 0.410 e. The second-order valence-corrected chi connectivity index (χ2v) is 22.9. The lowest BCUT2D eigenvalue weighted by Gasteiger charge is -2.43. The Morgan fingerprint density at radius 2 is 1.45 bits per heavy atom. The maximum atomic E-state index is 14.1. The van der Waals surface area contributed by atoms with Crippen LogP contribution in [0.15, 0.2) is 122 Å². The molecule has 1 aliphatic heterocycles. The quantitative estimate of drug-likeness (QED) is 0.141. The summed E-state index contributed by atoms with van der Waals surface area (Å²) in [6.07, 6.45) is 3.99. The van der Waals surface area contributed by atoms with E-state index in [1.165, 1.54) is 0 Å². The summed E-state index contributed by atoms with van der Waals surface area (Å²) < 4.78 is 13.2. The summed E-state index contributed by atoms with van der Waals surface area (Å²) in [5.41, 5.74) is 6.85. The third kappa shape index (κ3) is 8.85. The highest BCUT2D eigenvalue weighted by atomic mass is 28.4. The topological polar surface area (TPSA) is 109 Å². The maximum Gasteiger partial charge on any atom is 0.410 e. The van der Waals surface area contributed by atoms with Crippen LogP contribution < -0.4 is 15.7 Å². The second kappa shape index (κ2) is 16.7. The molecule has 0 radical (unpaired) electrons. The highest BCUT2D eigenvalue weighted by Crippen LogP contribution is 2.40. The summed E-state index contributed by atoms with van der Waals surface area (Å²) in [5, 5.41) is 6.18. The van der Waals surface area contributed by atoms with E-state index in [0.29, 0.717) is 36.4 Å².